The molecule has 0 aliphatic heterocycles. The Balaban J connectivity index is 1.66. The first-order valence-electron chi connectivity index (χ1n) is 7.27. The Hall–Kier alpha value is -1.68. The number of nitrogens with one attached hydrogen (secondary N) is 1. The zero-order valence-electron chi connectivity index (χ0n) is 11.7. The van der Waals surface area contributed by atoms with Gasteiger partial charge in [0.25, 0.3) is 0 Å². The van der Waals surface area contributed by atoms with E-state index in [9.17, 15) is 4.79 Å². The molecular weight excluding hydrogens is 252 g/mol. The third kappa shape index (κ3) is 4.78. The summed E-state index contributed by atoms with van der Waals surface area (Å²) in [6.07, 6.45) is 9.65. The highest BCUT2D eigenvalue weighted by atomic mass is 16.4. The van der Waals surface area contributed by atoms with Crippen LogP contribution in [0.25, 0.3) is 6.08 Å². The van der Waals surface area contributed by atoms with Crippen molar-refractivity contribution in [1.29, 1.82) is 0 Å². The lowest BCUT2D eigenvalue weighted by Crippen LogP contribution is -2.30. The summed E-state index contributed by atoms with van der Waals surface area (Å²) in [6.45, 7) is 1.70. The van der Waals surface area contributed by atoms with Gasteiger partial charge in [0.1, 0.15) is 0 Å². The molecule has 1 saturated carbocycles. The number of nitrogens with zero attached hydrogens (tertiary/aromatic N) is 1. The molecular formula is C16H22N2O2. The van der Waals surface area contributed by atoms with Crippen LogP contribution in [0.1, 0.15) is 31.4 Å². The van der Waals surface area contributed by atoms with Gasteiger partial charge in [0.15, 0.2) is 0 Å². The van der Waals surface area contributed by atoms with Gasteiger partial charge in [-0.3, -0.25) is 9.78 Å². The standard InChI is InChI=1S/C16H22N2O2/c19-16(20)14-6-3-5-13(11-14)12-17-9-4-8-15-7-1-2-10-18-15/h1-2,4,7-8,10,13-14,17H,3,5-6,9,11-12H2,(H,19,20)/b8-4+. The number of hydrogen-bond acceptors (Lipinski definition) is 3. The van der Waals surface area contributed by atoms with Gasteiger partial charge in [-0.1, -0.05) is 18.6 Å². The molecule has 0 radical (unpaired) electrons. The third-order valence-electron chi connectivity index (χ3n) is 3.80. The van der Waals surface area contributed by atoms with Crippen LogP contribution in [0.3, 0.4) is 0 Å². The van der Waals surface area contributed by atoms with Gasteiger partial charge >= 0.3 is 5.97 Å². The minimum absolute atomic E-state index is 0.139. The van der Waals surface area contributed by atoms with Gasteiger partial charge in [-0.15, -0.1) is 0 Å². The highest BCUT2D eigenvalue weighted by Crippen LogP contribution is 2.28. The molecule has 0 bridgehead atoms. The molecule has 1 heterocycles. The van der Waals surface area contributed by atoms with Crippen molar-refractivity contribution in [2.45, 2.75) is 25.7 Å². The van der Waals surface area contributed by atoms with Crippen LogP contribution in [0, 0.1) is 11.8 Å². The first-order valence-corrected chi connectivity index (χ1v) is 7.27. The van der Waals surface area contributed by atoms with Gasteiger partial charge < -0.3 is 10.4 Å². The Morgan fingerprint density at radius 3 is 3.10 bits per heavy atom. The zero-order chi connectivity index (χ0) is 14.2. The fourth-order valence-corrected chi connectivity index (χ4v) is 2.73. The van der Waals surface area contributed by atoms with Gasteiger partial charge in [-0.2, -0.15) is 0 Å². The van der Waals surface area contributed by atoms with Crippen molar-refractivity contribution in [2.75, 3.05) is 13.1 Å². The minimum Gasteiger partial charge on any atom is -0.481 e. The van der Waals surface area contributed by atoms with E-state index in [1.807, 2.05) is 24.3 Å². The predicted octanol–water partition coefficient (Wildman–Crippen LogP) is 2.58. The lowest BCUT2D eigenvalue weighted by molar-refractivity contribution is -0.143. The molecule has 1 aromatic rings. The van der Waals surface area contributed by atoms with Crippen molar-refractivity contribution >= 4 is 12.0 Å². The molecule has 4 heteroatoms. The maximum Gasteiger partial charge on any atom is 0.306 e. The number of pyridine rings is 1. The number of rotatable bonds is 6. The summed E-state index contributed by atoms with van der Waals surface area (Å²) in [4.78, 5) is 15.2. The molecule has 2 unspecified atom stereocenters. The number of aliphatic carboxylic acids is 1. The third-order valence-corrected chi connectivity index (χ3v) is 3.80. The van der Waals surface area contributed by atoms with Crippen molar-refractivity contribution in [3.05, 3.63) is 36.2 Å². The Morgan fingerprint density at radius 2 is 2.35 bits per heavy atom. The highest BCUT2D eigenvalue weighted by molar-refractivity contribution is 5.70. The number of hydrogen-bond donors (Lipinski definition) is 2. The molecule has 4 nitrogen and oxygen atoms in total. The maximum atomic E-state index is 11.0. The smallest absolute Gasteiger partial charge is 0.306 e. The van der Waals surface area contributed by atoms with Crippen molar-refractivity contribution < 1.29 is 9.90 Å². The van der Waals surface area contributed by atoms with Crippen LogP contribution in [-0.2, 0) is 4.79 Å². The Bertz CT molecular complexity index is 445. The quantitative estimate of drug-likeness (QED) is 0.783. The average molecular weight is 274 g/mol. The van der Waals surface area contributed by atoms with Crippen molar-refractivity contribution in [3.8, 4) is 0 Å². The van der Waals surface area contributed by atoms with E-state index in [4.69, 9.17) is 5.11 Å². The van der Waals surface area contributed by atoms with Crippen LogP contribution in [0.2, 0.25) is 0 Å². The zero-order valence-corrected chi connectivity index (χ0v) is 11.7. The number of aromatic nitrogens is 1. The van der Waals surface area contributed by atoms with Gasteiger partial charge in [-0.25, -0.2) is 0 Å². The molecule has 0 aromatic carbocycles. The average Bonchev–Trinajstić information content (AvgIpc) is 2.48. The van der Waals surface area contributed by atoms with E-state index in [-0.39, 0.29) is 5.92 Å². The van der Waals surface area contributed by atoms with E-state index >= 15 is 0 Å². The molecule has 108 valence electrons. The van der Waals surface area contributed by atoms with Gasteiger partial charge in [0.05, 0.1) is 11.6 Å². The molecule has 2 rings (SSSR count). The van der Waals surface area contributed by atoms with E-state index in [0.717, 1.165) is 44.5 Å². The monoisotopic (exact) mass is 274 g/mol. The highest BCUT2D eigenvalue weighted by Gasteiger charge is 2.26. The van der Waals surface area contributed by atoms with Crippen LogP contribution >= 0.6 is 0 Å². The van der Waals surface area contributed by atoms with Crippen molar-refractivity contribution in [2.24, 2.45) is 11.8 Å². The molecule has 0 saturated heterocycles. The van der Waals surface area contributed by atoms with Crippen molar-refractivity contribution in [3.63, 3.8) is 0 Å². The number of carboxylic acids is 1. The summed E-state index contributed by atoms with van der Waals surface area (Å²) in [5, 5.41) is 12.4. The van der Waals surface area contributed by atoms with Gasteiger partial charge in [-0.05, 0) is 49.9 Å². The number of carbonyl (C=O) groups is 1. The first-order chi connectivity index (χ1) is 9.75. The maximum absolute atomic E-state index is 11.0. The number of carboxylic acid groups (broad SMARTS) is 1. The van der Waals surface area contributed by atoms with E-state index in [1.54, 1.807) is 6.20 Å². The van der Waals surface area contributed by atoms with E-state index in [1.165, 1.54) is 0 Å². The SMILES string of the molecule is O=C(O)C1CCCC(CNC/C=C/c2ccccn2)C1. The summed E-state index contributed by atoms with van der Waals surface area (Å²) in [5.41, 5.74) is 0.956. The Morgan fingerprint density at radius 1 is 1.45 bits per heavy atom. The fourth-order valence-electron chi connectivity index (χ4n) is 2.73. The summed E-state index contributed by atoms with van der Waals surface area (Å²) in [7, 11) is 0. The van der Waals surface area contributed by atoms with Gasteiger partial charge in [0.2, 0.25) is 0 Å². The second kappa shape index (κ2) is 7.80. The first kappa shape index (κ1) is 14.7. The van der Waals surface area contributed by atoms with Crippen LogP contribution in [0.5, 0.6) is 0 Å². The minimum atomic E-state index is -0.634. The summed E-state index contributed by atoms with van der Waals surface area (Å²) in [6, 6.07) is 5.83. The molecule has 1 aliphatic rings. The molecule has 0 amide bonds. The van der Waals surface area contributed by atoms with Crippen LogP contribution < -0.4 is 5.32 Å². The second-order valence-corrected chi connectivity index (χ2v) is 5.38. The summed E-state index contributed by atoms with van der Waals surface area (Å²) >= 11 is 0. The Kier molecular flexibility index (Phi) is 5.74. The fraction of sp³-hybridized carbons (Fsp3) is 0.500. The molecule has 1 aromatic heterocycles. The molecule has 2 N–H and O–H groups in total. The normalized spacial score (nSPS) is 23.0. The lowest BCUT2D eigenvalue weighted by atomic mass is 9.81. The van der Waals surface area contributed by atoms with Crippen LogP contribution in [0.15, 0.2) is 30.5 Å². The van der Waals surface area contributed by atoms with Crippen LogP contribution in [0.4, 0.5) is 0 Å². The molecule has 2 atom stereocenters. The Labute approximate surface area is 119 Å². The predicted molar refractivity (Wildman–Crippen MR) is 79.2 cm³/mol. The second-order valence-electron chi connectivity index (χ2n) is 5.38. The summed E-state index contributed by atoms with van der Waals surface area (Å²) in [5.74, 6) is -0.280. The van der Waals surface area contributed by atoms with Gasteiger partial charge in [0, 0.05) is 12.7 Å². The topological polar surface area (TPSA) is 62.2 Å². The molecule has 20 heavy (non-hydrogen) atoms. The van der Waals surface area contributed by atoms with Crippen LogP contribution in [-0.4, -0.2) is 29.1 Å². The van der Waals surface area contributed by atoms with E-state index < -0.39 is 5.97 Å². The van der Waals surface area contributed by atoms with E-state index in [0.29, 0.717) is 5.92 Å². The molecule has 1 aliphatic carbocycles. The summed E-state index contributed by atoms with van der Waals surface area (Å²) < 4.78 is 0. The molecule has 1 fully saturated rings. The molecule has 0 spiro atoms. The largest absolute Gasteiger partial charge is 0.481 e. The lowest BCUT2D eigenvalue weighted by Gasteiger charge is -2.26. The van der Waals surface area contributed by atoms with Crippen molar-refractivity contribution in [1.82, 2.24) is 10.3 Å². The van der Waals surface area contributed by atoms with E-state index in [2.05, 4.69) is 16.4 Å².